The van der Waals surface area contributed by atoms with Crippen molar-refractivity contribution in [2.45, 2.75) is 31.3 Å². The van der Waals surface area contributed by atoms with Crippen molar-refractivity contribution in [1.29, 1.82) is 0 Å². The van der Waals surface area contributed by atoms with Crippen LogP contribution in [0, 0.1) is 0 Å². The van der Waals surface area contributed by atoms with E-state index in [1.165, 1.54) is 0 Å². The van der Waals surface area contributed by atoms with Gasteiger partial charge in [0.15, 0.2) is 0 Å². The van der Waals surface area contributed by atoms with E-state index in [1.807, 2.05) is 54.6 Å². The highest BCUT2D eigenvalue weighted by Crippen LogP contribution is 2.33. The number of Topliss-reactive ketones (excluding diaryl/α,β-unsaturated/α-hetero) is 2. The van der Waals surface area contributed by atoms with Gasteiger partial charge >= 0.3 is 0 Å². The maximum absolute atomic E-state index is 12.7. The van der Waals surface area contributed by atoms with E-state index >= 15 is 0 Å². The molecule has 3 aromatic rings. The van der Waals surface area contributed by atoms with Crippen molar-refractivity contribution in [3.63, 3.8) is 0 Å². The van der Waals surface area contributed by atoms with E-state index in [-0.39, 0.29) is 30.8 Å². The number of hydrogen-bond donors (Lipinski definition) is 1. The van der Waals surface area contributed by atoms with Crippen molar-refractivity contribution >= 4 is 23.2 Å². The number of carbonyl (C=O) groups excluding carboxylic acids is 2. The summed E-state index contributed by atoms with van der Waals surface area (Å²) >= 11 is 6.12. The zero-order chi connectivity index (χ0) is 20.7. The summed E-state index contributed by atoms with van der Waals surface area (Å²) in [7, 11) is 0. The van der Waals surface area contributed by atoms with Gasteiger partial charge in [0.1, 0.15) is 17.2 Å². The highest BCUT2D eigenvalue weighted by atomic mass is 35.5. The maximum Gasteiger partial charge on any atom is 0.143 e. The molecule has 0 radical (unpaired) electrons. The third-order valence-electron chi connectivity index (χ3n) is 4.98. The maximum atomic E-state index is 12.7. The number of rotatable bonds is 9. The molecule has 0 atom stereocenters. The minimum absolute atomic E-state index is 0.154. The average molecular weight is 407 g/mol. The third-order valence-corrected chi connectivity index (χ3v) is 5.35. The van der Waals surface area contributed by atoms with Gasteiger partial charge in [-0.1, -0.05) is 90.5 Å². The highest BCUT2D eigenvalue weighted by molar-refractivity contribution is 6.31. The topological polar surface area (TPSA) is 54.4 Å². The van der Waals surface area contributed by atoms with Gasteiger partial charge in [0.05, 0.1) is 6.42 Å². The molecule has 0 aromatic heterocycles. The van der Waals surface area contributed by atoms with Crippen molar-refractivity contribution in [1.82, 2.24) is 0 Å². The van der Waals surface area contributed by atoms with E-state index in [1.54, 1.807) is 30.3 Å². The third kappa shape index (κ3) is 5.41. The van der Waals surface area contributed by atoms with Gasteiger partial charge in [-0.15, -0.1) is 0 Å². The van der Waals surface area contributed by atoms with Gasteiger partial charge in [-0.3, -0.25) is 9.59 Å². The average Bonchev–Trinajstić information content (AvgIpc) is 2.74. The second kappa shape index (κ2) is 9.64. The fraction of sp³-hybridized carbons (Fsp3) is 0.200. The molecule has 1 N–H and O–H groups in total. The molecule has 0 saturated carbocycles. The summed E-state index contributed by atoms with van der Waals surface area (Å²) in [6, 6.07) is 25.5. The molecule has 29 heavy (non-hydrogen) atoms. The van der Waals surface area contributed by atoms with Crippen LogP contribution in [0.1, 0.15) is 36.0 Å². The zero-order valence-electron chi connectivity index (χ0n) is 16.1. The van der Waals surface area contributed by atoms with E-state index in [9.17, 15) is 14.7 Å². The molecule has 0 unspecified atom stereocenters. The van der Waals surface area contributed by atoms with Crippen LogP contribution in [-0.2, 0) is 21.6 Å². The van der Waals surface area contributed by atoms with E-state index in [2.05, 4.69) is 0 Å². The first-order valence-corrected chi connectivity index (χ1v) is 9.97. The zero-order valence-corrected chi connectivity index (χ0v) is 16.8. The van der Waals surface area contributed by atoms with Crippen LogP contribution < -0.4 is 0 Å². The molecule has 0 spiro atoms. The van der Waals surface area contributed by atoms with Crippen molar-refractivity contribution < 1.29 is 14.7 Å². The van der Waals surface area contributed by atoms with Crippen LogP contribution in [0.3, 0.4) is 0 Å². The second-order valence-corrected chi connectivity index (χ2v) is 7.52. The fourth-order valence-electron chi connectivity index (χ4n) is 3.43. The number of halogens is 1. The quantitative estimate of drug-likeness (QED) is 0.501. The lowest BCUT2D eigenvalue weighted by atomic mass is 9.81. The van der Waals surface area contributed by atoms with E-state index in [4.69, 9.17) is 11.6 Å². The van der Waals surface area contributed by atoms with Crippen molar-refractivity contribution in [2.24, 2.45) is 0 Å². The first kappa shape index (κ1) is 21.0. The molecular weight excluding hydrogens is 384 g/mol. The molecule has 4 heteroatoms. The normalized spacial score (nSPS) is 11.2. The number of aliphatic hydroxyl groups is 1. The van der Waals surface area contributed by atoms with Crippen LogP contribution in [0.25, 0.3) is 0 Å². The van der Waals surface area contributed by atoms with Crippen molar-refractivity contribution in [3.8, 4) is 0 Å². The van der Waals surface area contributed by atoms with Crippen molar-refractivity contribution in [3.05, 3.63) is 107 Å². The Labute approximate surface area is 176 Å². The first-order chi connectivity index (χ1) is 14.0. The summed E-state index contributed by atoms with van der Waals surface area (Å²) in [5.41, 5.74) is 0.675. The van der Waals surface area contributed by atoms with Gasteiger partial charge < -0.3 is 5.11 Å². The number of hydrogen-bond acceptors (Lipinski definition) is 3. The molecule has 0 aliphatic rings. The van der Waals surface area contributed by atoms with Crippen molar-refractivity contribution in [2.75, 3.05) is 0 Å². The molecular formula is C25H23ClO3. The molecule has 3 nitrogen and oxygen atoms in total. The SMILES string of the molecule is O=C(CCc1ccccc1Cl)CC(=O)CC(O)(c1ccccc1)c1ccccc1. The van der Waals surface area contributed by atoms with Gasteiger partial charge in [-0.05, 0) is 29.2 Å². The monoisotopic (exact) mass is 406 g/mol. The molecule has 148 valence electrons. The Morgan fingerprint density at radius 3 is 1.83 bits per heavy atom. The predicted octanol–water partition coefficient (Wildman–Crippen LogP) is 5.13. The van der Waals surface area contributed by atoms with Crippen LogP contribution in [-0.4, -0.2) is 16.7 Å². The largest absolute Gasteiger partial charge is 0.380 e. The molecule has 0 aliphatic carbocycles. The van der Waals surface area contributed by atoms with Crippen LogP contribution in [0.5, 0.6) is 0 Å². The lowest BCUT2D eigenvalue weighted by molar-refractivity contribution is -0.129. The number of carbonyl (C=O) groups is 2. The second-order valence-electron chi connectivity index (χ2n) is 7.11. The Kier molecular flexibility index (Phi) is 6.97. The van der Waals surface area contributed by atoms with Gasteiger partial charge in [-0.2, -0.15) is 0 Å². The minimum atomic E-state index is -1.47. The number of benzene rings is 3. The van der Waals surface area contributed by atoms with Crippen LogP contribution in [0.15, 0.2) is 84.9 Å². The molecule has 0 aliphatic heterocycles. The Morgan fingerprint density at radius 1 is 0.759 bits per heavy atom. The summed E-state index contributed by atoms with van der Waals surface area (Å²) in [5.74, 6) is -0.442. The minimum Gasteiger partial charge on any atom is -0.380 e. The van der Waals surface area contributed by atoms with E-state index in [0.717, 1.165) is 5.56 Å². The van der Waals surface area contributed by atoms with Gasteiger partial charge in [-0.25, -0.2) is 0 Å². The molecule has 0 saturated heterocycles. The standard InChI is InChI=1S/C25H23ClO3/c26-24-14-8-7-9-19(24)15-16-22(27)17-23(28)18-25(29,20-10-3-1-4-11-20)21-12-5-2-6-13-21/h1-14,29H,15-18H2. The molecule has 0 bridgehead atoms. The predicted molar refractivity (Wildman–Crippen MR) is 115 cm³/mol. The summed E-state index contributed by atoms with van der Waals surface area (Å²) in [6.45, 7) is 0. The van der Waals surface area contributed by atoms with Gasteiger partial charge in [0.25, 0.3) is 0 Å². The van der Waals surface area contributed by atoms with Crippen LogP contribution in [0.4, 0.5) is 0 Å². The van der Waals surface area contributed by atoms with Gasteiger partial charge in [0, 0.05) is 17.9 Å². The number of aryl methyl sites for hydroxylation is 1. The lowest BCUT2D eigenvalue weighted by Gasteiger charge is -2.29. The molecule has 0 fully saturated rings. The Morgan fingerprint density at radius 2 is 1.28 bits per heavy atom. The molecule has 0 amide bonds. The number of ketones is 2. The Balaban J connectivity index is 1.69. The lowest BCUT2D eigenvalue weighted by Crippen LogP contribution is -2.31. The van der Waals surface area contributed by atoms with Gasteiger partial charge in [0.2, 0.25) is 0 Å². The summed E-state index contributed by atoms with van der Waals surface area (Å²) in [6.07, 6.45) is 0.378. The Bertz CT molecular complexity index is 928. The molecule has 3 aromatic carbocycles. The van der Waals surface area contributed by atoms with E-state index < -0.39 is 5.60 Å². The summed E-state index contributed by atoms with van der Waals surface area (Å²) in [4.78, 5) is 25.0. The first-order valence-electron chi connectivity index (χ1n) is 9.59. The van der Waals surface area contributed by atoms with Crippen LogP contribution >= 0.6 is 11.6 Å². The highest BCUT2D eigenvalue weighted by Gasteiger charge is 2.34. The summed E-state index contributed by atoms with van der Waals surface area (Å²) in [5, 5.41) is 12.1. The van der Waals surface area contributed by atoms with E-state index in [0.29, 0.717) is 22.6 Å². The Hall–Kier alpha value is -2.75. The smallest absolute Gasteiger partial charge is 0.143 e. The summed E-state index contributed by atoms with van der Waals surface area (Å²) < 4.78 is 0. The molecule has 3 rings (SSSR count). The molecule has 0 heterocycles. The van der Waals surface area contributed by atoms with Crippen LogP contribution in [0.2, 0.25) is 5.02 Å². The fourth-order valence-corrected chi connectivity index (χ4v) is 3.66.